The van der Waals surface area contributed by atoms with E-state index in [1.807, 2.05) is 6.07 Å². The Morgan fingerprint density at radius 1 is 1.43 bits per heavy atom. The number of nitriles is 1. The van der Waals surface area contributed by atoms with Crippen LogP contribution in [0.15, 0.2) is 39.5 Å². The van der Waals surface area contributed by atoms with Crippen molar-refractivity contribution >= 4 is 28.1 Å². The number of thioether (sulfide) groups is 1. The van der Waals surface area contributed by atoms with E-state index in [1.54, 1.807) is 35.9 Å². The van der Waals surface area contributed by atoms with Crippen LogP contribution in [-0.2, 0) is 0 Å². The van der Waals surface area contributed by atoms with Gasteiger partial charge in [0.05, 0.1) is 5.69 Å². The highest BCUT2D eigenvalue weighted by Gasteiger charge is 2.17. The highest BCUT2D eigenvalue weighted by Crippen LogP contribution is 2.31. The van der Waals surface area contributed by atoms with E-state index in [9.17, 15) is 15.2 Å². The van der Waals surface area contributed by atoms with E-state index in [-0.39, 0.29) is 11.3 Å². The van der Waals surface area contributed by atoms with Crippen molar-refractivity contribution in [2.75, 3.05) is 6.26 Å². The van der Waals surface area contributed by atoms with Gasteiger partial charge >= 0.3 is 0 Å². The Morgan fingerprint density at radius 2 is 2.19 bits per heavy atom. The van der Waals surface area contributed by atoms with E-state index < -0.39 is 5.56 Å². The first-order valence-corrected chi connectivity index (χ1v) is 8.04. The van der Waals surface area contributed by atoms with Crippen molar-refractivity contribution in [3.63, 3.8) is 0 Å². The lowest BCUT2D eigenvalue weighted by atomic mass is 10.1. The number of nitrogens with zero attached hydrogens (tertiary/aromatic N) is 3. The van der Waals surface area contributed by atoms with Gasteiger partial charge in [-0.1, -0.05) is 12.1 Å². The number of fused-ring (bicyclic) bond motifs is 1. The van der Waals surface area contributed by atoms with Crippen LogP contribution in [0, 0.1) is 11.3 Å². The molecule has 1 aromatic carbocycles. The number of para-hydroxylation sites is 1. The molecule has 0 bridgehead atoms. The molecule has 3 aromatic rings. The van der Waals surface area contributed by atoms with E-state index in [4.69, 9.17) is 0 Å². The topological polar surface area (TPSA) is 78.4 Å². The summed E-state index contributed by atoms with van der Waals surface area (Å²) in [5, 5.41) is 21.3. The Morgan fingerprint density at radius 3 is 2.86 bits per heavy atom. The van der Waals surface area contributed by atoms with Crippen LogP contribution in [0.3, 0.4) is 0 Å². The lowest BCUT2D eigenvalue weighted by Crippen LogP contribution is -2.18. The van der Waals surface area contributed by atoms with Gasteiger partial charge in [0.2, 0.25) is 0 Å². The van der Waals surface area contributed by atoms with Gasteiger partial charge in [-0.3, -0.25) is 4.79 Å². The van der Waals surface area contributed by atoms with Crippen LogP contribution >= 0.6 is 23.1 Å². The fraction of sp³-hybridized carbons (Fsp3) is 0.0714. The van der Waals surface area contributed by atoms with Gasteiger partial charge in [-0.15, -0.1) is 23.1 Å². The molecule has 0 aliphatic heterocycles. The van der Waals surface area contributed by atoms with Crippen molar-refractivity contribution in [2.24, 2.45) is 0 Å². The molecule has 7 heteroatoms. The molecule has 0 aliphatic rings. The van der Waals surface area contributed by atoms with E-state index in [2.05, 4.69) is 4.98 Å². The summed E-state index contributed by atoms with van der Waals surface area (Å²) in [6, 6.07) is 8.68. The number of phenolic OH excluding ortho intramolecular Hbond substituents is 1. The summed E-state index contributed by atoms with van der Waals surface area (Å²) in [5.41, 5.74) is 0.685. The molecule has 0 unspecified atom stereocenters. The monoisotopic (exact) mass is 315 g/mol. The average molecular weight is 315 g/mol. The molecule has 2 heterocycles. The van der Waals surface area contributed by atoms with Crippen molar-refractivity contribution in [3.8, 4) is 23.1 Å². The van der Waals surface area contributed by atoms with Crippen LogP contribution in [0.2, 0.25) is 0 Å². The maximum absolute atomic E-state index is 12.5. The fourth-order valence-corrected chi connectivity index (χ4v) is 3.51. The molecular weight excluding hydrogens is 306 g/mol. The van der Waals surface area contributed by atoms with Gasteiger partial charge in [0.1, 0.15) is 22.4 Å². The third kappa shape index (κ3) is 2.09. The zero-order valence-electron chi connectivity index (χ0n) is 10.9. The molecule has 0 fully saturated rings. The molecule has 5 nitrogen and oxygen atoms in total. The number of hydrogen-bond acceptors (Lipinski definition) is 6. The van der Waals surface area contributed by atoms with Gasteiger partial charge in [0.25, 0.3) is 5.56 Å². The maximum Gasteiger partial charge on any atom is 0.278 e. The van der Waals surface area contributed by atoms with Crippen LogP contribution < -0.4 is 5.56 Å². The summed E-state index contributed by atoms with van der Waals surface area (Å²) in [5.74, 6) is 0.0801. The number of aromatic nitrogens is 2. The smallest absolute Gasteiger partial charge is 0.278 e. The molecule has 21 heavy (non-hydrogen) atoms. The largest absolute Gasteiger partial charge is 0.507 e. The van der Waals surface area contributed by atoms with Crippen molar-refractivity contribution in [2.45, 2.75) is 5.03 Å². The van der Waals surface area contributed by atoms with Gasteiger partial charge in [0.15, 0.2) is 4.96 Å². The van der Waals surface area contributed by atoms with E-state index in [1.165, 1.54) is 27.5 Å². The maximum atomic E-state index is 12.5. The minimum Gasteiger partial charge on any atom is -0.507 e. The molecule has 0 radical (unpaired) electrons. The van der Waals surface area contributed by atoms with Crippen molar-refractivity contribution in [1.82, 2.24) is 9.38 Å². The number of benzene rings is 1. The van der Waals surface area contributed by atoms with E-state index >= 15 is 0 Å². The molecule has 0 atom stereocenters. The molecule has 0 saturated carbocycles. The predicted octanol–water partition coefficient (Wildman–Crippen LogP) is 2.72. The Kier molecular flexibility index (Phi) is 3.41. The van der Waals surface area contributed by atoms with Gasteiger partial charge in [0, 0.05) is 10.9 Å². The SMILES string of the molecule is CSc1nc2scc(-c3ccccc3O)n2c(=O)c1C#N. The number of thiazole rings is 1. The average Bonchev–Trinajstić information content (AvgIpc) is 2.91. The third-order valence-electron chi connectivity index (χ3n) is 3.02. The molecule has 0 saturated heterocycles. The number of aromatic hydroxyl groups is 1. The molecule has 104 valence electrons. The third-order valence-corrected chi connectivity index (χ3v) is 4.53. The number of rotatable bonds is 2. The van der Waals surface area contributed by atoms with Crippen molar-refractivity contribution < 1.29 is 5.11 Å². The second-order valence-electron chi connectivity index (χ2n) is 4.17. The summed E-state index contributed by atoms with van der Waals surface area (Å²) in [7, 11) is 0. The number of hydrogen-bond donors (Lipinski definition) is 1. The standard InChI is InChI=1S/C14H9N3O2S2/c1-20-12-9(6-15)13(19)17-10(7-21-14(17)16-12)8-4-2-3-5-11(8)18/h2-5,7,18H,1H3. The second-order valence-corrected chi connectivity index (χ2v) is 5.80. The Hall–Kier alpha value is -2.30. The fourth-order valence-electron chi connectivity index (χ4n) is 2.05. The van der Waals surface area contributed by atoms with Crippen LogP contribution in [0.1, 0.15) is 5.56 Å². The first-order valence-electron chi connectivity index (χ1n) is 5.94. The Bertz CT molecular complexity index is 938. The highest BCUT2D eigenvalue weighted by atomic mass is 32.2. The minimum atomic E-state index is -0.411. The Labute approximate surface area is 128 Å². The molecule has 3 rings (SSSR count). The lowest BCUT2D eigenvalue weighted by molar-refractivity contribution is 0.477. The summed E-state index contributed by atoms with van der Waals surface area (Å²) in [6.45, 7) is 0. The van der Waals surface area contributed by atoms with Crippen molar-refractivity contribution in [3.05, 3.63) is 45.6 Å². The van der Waals surface area contributed by atoms with Crippen molar-refractivity contribution in [1.29, 1.82) is 5.26 Å². The van der Waals surface area contributed by atoms with Crippen LogP contribution in [0.5, 0.6) is 5.75 Å². The second kappa shape index (κ2) is 5.24. The van der Waals surface area contributed by atoms with Crippen LogP contribution in [0.4, 0.5) is 0 Å². The highest BCUT2D eigenvalue weighted by molar-refractivity contribution is 7.98. The zero-order valence-corrected chi connectivity index (χ0v) is 12.5. The van der Waals surface area contributed by atoms with Crippen LogP contribution in [0.25, 0.3) is 16.2 Å². The van der Waals surface area contributed by atoms with E-state index in [0.717, 1.165) is 0 Å². The first kappa shape index (κ1) is 13.7. The minimum absolute atomic E-state index is 0.0232. The summed E-state index contributed by atoms with van der Waals surface area (Å²) in [6.07, 6.45) is 1.77. The summed E-state index contributed by atoms with van der Waals surface area (Å²) >= 11 is 2.57. The molecular formula is C14H9N3O2S2. The number of phenols is 1. The zero-order chi connectivity index (χ0) is 15.0. The van der Waals surface area contributed by atoms with Gasteiger partial charge in [-0.2, -0.15) is 5.26 Å². The molecule has 0 aliphatic carbocycles. The summed E-state index contributed by atoms with van der Waals surface area (Å²) in [4.78, 5) is 17.4. The normalized spacial score (nSPS) is 10.7. The van der Waals surface area contributed by atoms with Gasteiger partial charge in [-0.05, 0) is 18.4 Å². The molecule has 1 N–H and O–H groups in total. The lowest BCUT2D eigenvalue weighted by Gasteiger charge is -2.05. The molecule has 0 amide bonds. The first-order chi connectivity index (χ1) is 10.2. The Balaban J connectivity index is 2.41. The molecule has 0 spiro atoms. The predicted molar refractivity (Wildman–Crippen MR) is 82.9 cm³/mol. The quantitative estimate of drug-likeness (QED) is 0.581. The molecule has 2 aromatic heterocycles. The van der Waals surface area contributed by atoms with Crippen LogP contribution in [-0.4, -0.2) is 20.7 Å². The van der Waals surface area contributed by atoms with Gasteiger partial charge in [-0.25, -0.2) is 9.38 Å². The summed E-state index contributed by atoms with van der Waals surface area (Å²) < 4.78 is 1.37. The van der Waals surface area contributed by atoms with E-state index in [0.29, 0.717) is 21.2 Å². The van der Waals surface area contributed by atoms with Gasteiger partial charge < -0.3 is 5.11 Å².